The number of anilines is 1. The Morgan fingerprint density at radius 3 is 2.50 bits per heavy atom. The molecule has 38 heavy (non-hydrogen) atoms. The molecule has 2 atom stereocenters. The van der Waals surface area contributed by atoms with Gasteiger partial charge in [0.1, 0.15) is 0 Å². The zero-order chi connectivity index (χ0) is 26.6. The van der Waals surface area contributed by atoms with Crippen molar-refractivity contribution >= 4 is 28.9 Å². The van der Waals surface area contributed by atoms with E-state index in [2.05, 4.69) is 76.2 Å². The summed E-state index contributed by atoms with van der Waals surface area (Å²) in [6.45, 7) is 7.00. The highest BCUT2D eigenvalue weighted by atomic mass is 32.1. The Morgan fingerprint density at radius 1 is 1.03 bits per heavy atom. The summed E-state index contributed by atoms with van der Waals surface area (Å²) in [5, 5.41) is 7.14. The number of carbonyl (C=O) groups is 1. The van der Waals surface area contributed by atoms with Crippen molar-refractivity contribution in [1.82, 2.24) is 19.8 Å². The molecule has 0 radical (unpaired) electrons. The first-order valence-corrected chi connectivity index (χ1v) is 13.5. The third-order valence-corrected chi connectivity index (χ3v) is 7.59. The minimum atomic E-state index is -0.128. The summed E-state index contributed by atoms with van der Waals surface area (Å²) >= 11 is 5.84. The summed E-state index contributed by atoms with van der Waals surface area (Å²) in [5.74, 6) is -0.0404. The van der Waals surface area contributed by atoms with Gasteiger partial charge in [-0.15, -0.1) is 0 Å². The number of rotatable bonds is 8. The van der Waals surface area contributed by atoms with Gasteiger partial charge in [0, 0.05) is 41.9 Å². The van der Waals surface area contributed by atoms with Crippen molar-refractivity contribution in [2.24, 2.45) is 0 Å². The third-order valence-electron chi connectivity index (χ3n) is 7.24. The molecule has 4 aromatic rings. The highest BCUT2D eigenvalue weighted by Gasteiger charge is 2.41. The summed E-state index contributed by atoms with van der Waals surface area (Å²) in [5.41, 5.74) is 7.73. The maximum Gasteiger partial charge on any atom is 0.226 e. The Kier molecular flexibility index (Phi) is 7.56. The molecule has 0 aliphatic carbocycles. The minimum absolute atomic E-state index is 0.0404. The van der Waals surface area contributed by atoms with Crippen molar-refractivity contribution in [2.45, 2.75) is 45.7 Å². The molecule has 3 heterocycles. The molecule has 0 spiro atoms. The lowest BCUT2D eigenvalue weighted by Crippen LogP contribution is -2.32. The molecule has 1 aliphatic heterocycles. The number of thiocarbonyl (C=S) groups is 1. The van der Waals surface area contributed by atoms with E-state index in [0.717, 1.165) is 23.5 Å². The van der Waals surface area contributed by atoms with E-state index in [9.17, 15) is 4.79 Å². The summed E-state index contributed by atoms with van der Waals surface area (Å²) in [6, 6.07) is 26.1. The maximum atomic E-state index is 12.8. The second kappa shape index (κ2) is 11.2. The van der Waals surface area contributed by atoms with Gasteiger partial charge in [-0.25, -0.2) is 0 Å². The molecule has 1 amide bonds. The first kappa shape index (κ1) is 25.7. The number of hydrogen-bond acceptors (Lipinski definition) is 3. The molecule has 2 N–H and O–H groups in total. The fraction of sp³-hybridized carbons (Fsp3) is 0.258. The molecule has 1 aliphatic rings. The molecule has 2 aromatic carbocycles. The second-order valence-electron chi connectivity index (χ2n) is 9.63. The van der Waals surface area contributed by atoms with Crippen molar-refractivity contribution in [1.29, 1.82) is 0 Å². The van der Waals surface area contributed by atoms with Gasteiger partial charge >= 0.3 is 0 Å². The molecule has 0 saturated carbocycles. The van der Waals surface area contributed by atoms with Gasteiger partial charge in [-0.3, -0.25) is 9.78 Å². The molecular weight excluding hydrogens is 490 g/mol. The van der Waals surface area contributed by atoms with Gasteiger partial charge in [0.05, 0.1) is 17.8 Å². The van der Waals surface area contributed by atoms with Crippen molar-refractivity contribution in [3.63, 3.8) is 0 Å². The van der Waals surface area contributed by atoms with Gasteiger partial charge < -0.3 is 20.1 Å². The van der Waals surface area contributed by atoms with Crippen molar-refractivity contribution < 1.29 is 4.79 Å². The topological polar surface area (TPSA) is 62.2 Å². The number of carbonyl (C=O) groups excluding carboxylic acids is 1. The van der Waals surface area contributed by atoms with Crippen LogP contribution >= 0.6 is 12.2 Å². The SMILES string of the molecule is CCc1ccccc1-n1c(C)cc([C@@H]2[C@H](c3ccccn3)NC(=S)N2CCC(=O)Nc2ccccc2)c1C. The quantitative estimate of drug-likeness (QED) is 0.275. The van der Waals surface area contributed by atoms with E-state index in [0.29, 0.717) is 18.1 Å². The second-order valence-corrected chi connectivity index (χ2v) is 10.0. The van der Waals surface area contributed by atoms with Crippen LogP contribution in [0.25, 0.3) is 5.69 Å². The van der Waals surface area contributed by atoms with E-state index in [1.54, 1.807) is 0 Å². The Labute approximate surface area is 229 Å². The average Bonchev–Trinajstić information content (AvgIpc) is 3.42. The van der Waals surface area contributed by atoms with Crippen molar-refractivity contribution in [3.05, 3.63) is 113 Å². The molecule has 1 saturated heterocycles. The van der Waals surface area contributed by atoms with Crippen LogP contribution in [-0.2, 0) is 11.2 Å². The van der Waals surface area contributed by atoms with Crippen LogP contribution in [0.5, 0.6) is 0 Å². The van der Waals surface area contributed by atoms with Crippen LogP contribution in [-0.4, -0.2) is 32.0 Å². The van der Waals surface area contributed by atoms with Crippen LogP contribution in [0.4, 0.5) is 5.69 Å². The predicted octanol–water partition coefficient (Wildman–Crippen LogP) is 6.05. The molecule has 194 valence electrons. The van der Waals surface area contributed by atoms with E-state index in [1.165, 1.54) is 22.5 Å². The number of nitrogens with zero attached hydrogens (tertiary/aromatic N) is 3. The van der Waals surface area contributed by atoms with Gasteiger partial charge in [0.15, 0.2) is 5.11 Å². The maximum absolute atomic E-state index is 12.8. The molecule has 7 heteroatoms. The third kappa shape index (κ3) is 5.07. The van der Waals surface area contributed by atoms with Crippen LogP contribution in [0.2, 0.25) is 0 Å². The van der Waals surface area contributed by atoms with Crippen LogP contribution in [0, 0.1) is 13.8 Å². The Morgan fingerprint density at radius 2 is 1.76 bits per heavy atom. The zero-order valence-electron chi connectivity index (χ0n) is 22.0. The Bertz CT molecular complexity index is 1430. The molecule has 6 nitrogen and oxygen atoms in total. The summed E-state index contributed by atoms with van der Waals surface area (Å²) < 4.78 is 2.34. The van der Waals surface area contributed by atoms with Crippen LogP contribution in [0.3, 0.4) is 0 Å². The van der Waals surface area contributed by atoms with Gasteiger partial charge in [0.25, 0.3) is 0 Å². The lowest BCUT2D eigenvalue weighted by molar-refractivity contribution is -0.116. The summed E-state index contributed by atoms with van der Waals surface area (Å²) in [7, 11) is 0. The summed E-state index contributed by atoms with van der Waals surface area (Å²) in [4.78, 5) is 19.6. The fourth-order valence-electron chi connectivity index (χ4n) is 5.44. The average molecular weight is 524 g/mol. The first-order valence-electron chi connectivity index (χ1n) is 13.1. The zero-order valence-corrected chi connectivity index (χ0v) is 22.8. The smallest absolute Gasteiger partial charge is 0.226 e. The lowest BCUT2D eigenvalue weighted by atomic mass is 9.96. The molecule has 5 rings (SSSR count). The fourth-order valence-corrected chi connectivity index (χ4v) is 5.77. The normalized spacial score (nSPS) is 16.9. The van der Waals surface area contributed by atoms with E-state index < -0.39 is 0 Å². The molecular formula is C31H33N5OS. The number of benzene rings is 2. The highest BCUT2D eigenvalue weighted by Crippen LogP contribution is 2.41. The van der Waals surface area contributed by atoms with Crippen molar-refractivity contribution in [2.75, 3.05) is 11.9 Å². The van der Waals surface area contributed by atoms with Crippen molar-refractivity contribution in [3.8, 4) is 5.69 Å². The number of pyridine rings is 1. The van der Waals surface area contributed by atoms with E-state index in [-0.39, 0.29) is 18.0 Å². The number of aryl methyl sites for hydroxylation is 2. The highest BCUT2D eigenvalue weighted by molar-refractivity contribution is 7.80. The number of nitrogens with one attached hydrogen (secondary N) is 2. The van der Waals surface area contributed by atoms with Crippen LogP contribution < -0.4 is 10.6 Å². The Hall–Kier alpha value is -3.97. The standard InChI is InChI=1S/C31H33N5OS/c1-4-23-12-8-9-16-27(23)36-21(2)20-25(22(36)3)30-29(26-15-10-11-18-32-26)34-31(38)35(30)19-17-28(37)33-24-13-6-5-7-14-24/h5-16,18,20,29-30H,4,17,19H2,1-3H3,(H,33,37)(H,34,38)/t29-,30+/m0/s1. The van der Waals surface area contributed by atoms with Gasteiger partial charge in [0.2, 0.25) is 5.91 Å². The largest absolute Gasteiger partial charge is 0.352 e. The van der Waals surface area contributed by atoms with Gasteiger partial charge in [-0.1, -0.05) is 49.4 Å². The van der Waals surface area contributed by atoms with Gasteiger partial charge in [-0.05, 0) is 80.0 Å². The predicted molar refractivity (Wildman–Crippen MR) is 156 cm³/mol. The number of aromatic nitrogens is 2. The molecule has 2 aromatic heterocycles. The van der Waals surface area contributed by atoms with E-state index in [4.69, 9.17) is 12.2 Å². The van der Waals surface area contributed by atoms with E-state index in [1.807, 2.05) is 54.7 Å². The number of para-hydroxylation sites is 2. The monoisotopic (exact) mass is 523 g/mol. The lowest BCUT2D eigenvalue weighted by Gasteiger charge is -2.28. The Balaban J connectivity index is 1.50. The van der Waals surface area contributed by atoms with Gasteiger partial charge in [-0.2, -0.15) is 0 Å². The molecule has 0 bridgehead atoms. The molecule has 0 unspecified atom stereocenters. The minimum Gasteiger partial charge on any atom is -0.352 e. The molecule has 1 fully saturated rings. The summed E-state index contributed by atoms with van der Waals surface area (Å²) in [6.07, 6.45) is 3.09. The van der Waals surface area contributed by atoms with E-state index >= 15 is 0 Å². The first-order chi connectivity index (χ1) is 18.5. The number of hydrogen-bond donors (Lipinski definition) is 2. The number of amides is 1. The van der Waals surface area contributed by atoms with Crippen LogP contribution in [0.15, 0.2) is 85.1 Å². The van der Waals surface area contributed by atoms with Crippen LogP contribution in [0.1, 0.15) is 53.6 Å².